The molecule has 3 nitrogen and oxygen atoms in total. The van der Waals surface area contributed by atoms with Gasteiger partial charge in [-0.2, -0.15) is 0 Å². The van der Waals surface area contributed by atoms with Crippen molar-refractivity contribution < 1.29 is 4.74 Å². The van der Waals surface area contributed by atoms with Gasteiger partial charge < -0.3 is 10.1 Å². The van der Waals surface area contributed by atoms with Gasteiger partial charge in [0.05, 0.1) is 12.2 Å². The van der Waals surface area contributed by atoms with Gasteiger partial charge in [-0.3, -0.25) is 4.90 Å². The van der Waals surface area contributed by atoms with Gasteiger partial charge in [-0.1, -0.05) is 0 Å². The van der Waals surface area contributed by atoms with E-state index >= 15 is 0 Å². The fraction of sp³-hybridized carbons (Fsp3) is 1.00. The third kappa shape index (κ3) is 3.19. The summed E-state index contributed by atoms with van der Waals surface area (Å²) in [6.07, 6.45) is 4.62. The summed E-state index contributed by atoms with van der Waals surface area (Å²) in [5, 5.41) is 3.36. The van der Waals surface area contributed by atoms with Crippen LogP contribution in [0.4, 0.5) is 0 Å². The number of ether oxygens (including phenoxy) is 1. The Hall–Kier alpha value is -0.120. The first-order valence-corrected chi connectivity index (χ1v) is 6.67. The van der Waals surface area contributed by atoms with E-state index in [1.807, 2.05) is 0 Å². The lowest BCUT2D eigenvalue weighted by Crippen LogP contribution is -2.50. The predicted octanol–water partition coefficient (Wildman–Crippen LogP) is 1.63. The second kappa shape index (κ2) is 5.03. The van der Waals surface area contributed by atoms with Gasteiger partial charge in [0.2, 0.25) is 0 Å². The minimum absolute atomic E-state index is 0.288. The maximum absolute atomic E-state index is 6.17. The van der Waals surface area contributed by atoms with E-state index in [9.17, 15) is 0 Å². The van der Waals surface area contributed by atoms with Crippen molar-refractivity contribution in [1.29, 1.82) is 0 Å². The molecule has 2 unspecified atom stereocenters. The van der Waals surface area contributed by atoms with Gasteiger partial charge >= 0.3 is 0 Å². The van der Waals surface area contributed by atoms with Crippen LogP contribution in [0.15, 0.2) is 0 Å². The maximum atomic E-state index is 6.17. The second-order valence-corrected chi connectivity index (χ2v) is 6.13. The normalized spacial score (nSPS) is 33.2. The van der Waals surface area contributed by atoms with Crippen molar-refractivity contribution in [2.75, 3.05) is 26.2 Å². The van der Waals surface area contributed by atoms with E-state index in [-0.39, 0.29) is 5.54 Å². The van der Waals surface area contributed by atoms with Gasteiger partial charge in [-0.15, -0.1) is 0 Å². The molecule has 2 aliphatic rings. The predicted molar refractivity (Wildman–Crippen MR) is 66.7 cm³/mol. The summed E-state index contributed by atoms with van der Waals surface area (Å²) in [7, 11) is 0. The monoisotopic (exact) mass is 226 g/mol. The van der Waals surface area contributed by atoms with Gasteiger partial charge in [0, 0.05) is 18.6 Å². The molecule has 0 saturated carbocycles. The van der Waals surface area contributed by atoms with Crippen LogP contribution >= 0.6 is 0 Å². The number of piperidine rings is 1. The zero-order valence-corrected chi connectivity index (χ0v) is 11.0. The molecule has 2 saturated heterocycles. The Morgan fingerprint density at radius 2 is 2.00 bits per heavy atom. The van der Waals surface area contributed by atoms with Crippen molar-refractivity contribution in [2.24, 2.45) is 0 Å². The highest BCUT2D eigenvalue weighted by atomic mass is 16.5. The van der Waals surface area contributed by atoms with Crippen LogP contribution in [0.1, 0.15) is 40.0 Å². The van der Waals surface area contributed by atoms with Gasteiger partial charge in [-0.25, -0.2) is 0 Å². The highest BCUT2D eigenvalue weighted by Gasteiger charge is 2.30. The van der Waals surface area contributed by atoms with Crippen molar-refractivity contribution in [3.8, 4) is 0 Å². The van der Waals surface area contributed by atoms with E-state index in [0.29, 0.717) is 12.2 Å². The fourth-order valence-corrected chi connectivity index (χ4v) is 2.68. The Morgan fingerprint density at radius 1 is 1.19 bits per heavy atom. The fourth-order valence-electron chi connectivity index (χ4n) is 2.68. The smallest absolute Gasteiger partial charge is 0.0715 e. The Balaban J connectivity index is 1.81. The number of hydrogen-bond acceptors (Lipinski definition) is 3. The van der Waals surface area contributed by atoms with Crippen LogP contribution in [-0.4, -0.2) is 48.8 Å². The lowest BCUT2D eigenvalue weighted by atomic mass is 9.99. The third-order valence-corrected chi connectivity index (χ3v) is 3.73. The van der Waals surface area contributed by atoms with Gasteiger partial charge in [0.1, 0.15) is 0 Å². The van der Waals surface area contributed by atoms with E-state index in [2.05, 4.69) is 31.0 Å². The lowest BCUT2D eigenvalue weighted by Gasteiger charge is -2.42. The molecule has 0 radical (unpaired) electrons. The number of likely N-dealkylation sites (tertiary alicyclic amines) is 1. The van der Waals surface area contributed by atoms with Crippen molar-refractivity contribution in [2.45, 2.75) is 57.8 Å². The molecular weight excluding hydrogens is 200 g/mol. The highest BCUT2D eigenvalue weighted by Crippen LogP contribution is 2.23. The molecule has 1 N–H and O–H groups in total. The summed E-state index contributed by atoms with van der Waals surface area (Å²) < 4.78 is 6.17. The molecule has 0 spiro atoms. The van der Waals surface area contributed by atoms with Crippen LogP contribution in [-0.2, 0) is 4.74 Å². The Morgan fingerprint density at radius 3 is 2.62 bits per heavy atom. The Kier molecular flexibility index (Phi) is 3.88. The van der Waals surface area contributed by atoms with Gasteiger partial charge in [0.15, 0.2) is 0 Å². The van der Waals surface area contributed by atoms with Gasteiger partial charge in [-0.05, 0) is 53.1 Å². The molecule has 2 rings (SSSR count). The second-order valence-electron chi connectivity index (χ2n) is 6.13. The molecule has 0 amide bonds. The van der Waals surface area contributed by atoms with Gasteiger partial charge in [0.25, 0.3) is 0 Å². The molecule has 2 heterocycles. The highest BCUT2D eigenvalue weighted by molar-refractivity contribution is 4.84. The molecular formula is C13H26N2O. The third-order valence-electron chi connectivity index (χ3n) is 3.73. The first kappa shape index (κ1) is 12.3. The Bertz CT molecular complexity index is 218. The minimum Gasteiger partial charge on any atom is -0.372 e. The van der Waals surface area contributed by atoms with Crippen molar-refractivity contribution >= 4 is 0 Å². The lowest BCUT2D eigenvalue weighted by molar-refractivity contribution is -0.0571. The van der Waals surface area contributed by atoms with Crippen LogP contribution in [0.25, 0.3) is 0 Å². The summed E-state index contributed by atoms with van der Waals surface area (Å²) in [6, 6.07) is 0. The number of nitrogens with one attached hydrogen (secondary N) is 1. The van der Waals surface area contributed by atoms with E-state index < -0.39 is 0 Å². The van der Waals surface area contributed by atoms with Crippen molar-refractivity contribution in [3.63, 3.8) is 0 Å². The van der Waals surface area contributed by atoms with Crippen LogP contribution in [0.5, 0.6) is 0 Å². The molecule has 0 bridgehead atoms. The molecule has 2 atom stereocenters. The molecule has 2 aliphatic heterocycles. The van der Waals surface area contributed by atoms with E-state index in [1.54, 1.807) is 0 Å². The average Bonchev–Trinajstić information content (AvgIpc) is 2.70. The van der Waals surface area contributed by atoms with Crippen molar-refractivity contribution in [1.82, 2.24) is 10.2 Å². The minimum atomic E-state index is 0.288. The molecule has 94 valence electrons. The zero-order chi connectivity index (χ0) is 11.6. The molecule has 0 aromatic heterocycles. The SMILES string of the molecule is CC(C)(C)N1CCCC(OC2CCNC2)C1. The number of rotatable bonds is 2. The summed E-state index contributed by atoms with van der Waals surface area (Å²) in [5.74, 6) is 0. The van der Waals surface area contributed by atoms with Crippen LogP contribution in [0, 0.1) is 0 Å². The van der Waals surface area contributed by atoms with Crippen molar-refractivity contribution in [3.05, 3.63) is 0 Å². The quantitative estimate of drug-likeness (QED) is 0.774. The standard InChI is InChI=1S/C13H26N2O/c1-13(2,3)15-8-4-5-12(10-15)16-11-6-7-14-9-11/h11-12,14H,4-10H2,1-3H3. The van der Waals surface area contributed by atoms with E-state index in [4.69, 9.17) is 4.74 Å². The van der Waals surface area contributed by atoms with Crippen LogP contribution < -0.4 is 5.32 Å². The molecule has 16 heavy (non-hydrogen) atoms. The number of nitrogens with zero attached hydrogens (tertiary/aromatic N) is 1. The summed E-state index contributed by atoms with van der Waals surface area (Å²) in [6.45, 7) is 11.4. The molecule has 0 aliphatic carbocycles. The zero-order valence-electron chi connectivity index (χ0n) is 11.0. The number of hydrogen-bond donors (Lipinski definition) is 1. The van der Waals surface area contributed by atoms with E-state index in [1.165, 1.54) is 25.8 Å². The average molecular weight is 226 g/mol. The molecule has 2 fully saturated rings. The topological polar surface area (TPSA) is 24.5 Å². The summed E-state index contributed by atoms with van der Waals surface area (Å²) >= 11 is 0. The molecule has 3 heteroatoms. The summed E-state index contributed by atoms with van der Waals surface area (Å²) in [5.41, 5.74) is 0.288. The first-order valence-electron chi connectivity index (χ1n) is 6.67. The van der Waals surface area contributed by atoms with Crippen LogP contribution in [0.3, 0.4) is 0 Å². The Labute approximate surface area is 99.5 Å². The molecule has 0 aromatic carbocycles. The van der Waals surface area contributed by atoms with Crippen LogP contribution in [0.2, 0.25) is 0 Å². The summed E-state index contributed by atoms with van der Waals surface area (Å²) in [4.78, 5) is 2.56. The largest absolute Gasteiger partial charge is 0.372 e. The molecule has 0 aromatic rings. The van der Waals surface area contributed by atoms with E-state index in [0.717, 1.165) is 19.6 Å². The maximum Gasteiger partial charge on any atom is 0.0715 e. The first-order chi connectivity index (χ1) is 7.55.